The molecule has 102 valence electrons. The number of aromatic nitrogens is 2. The Morgan fingerprint density at radius 1 is 1.32 bits per heavy atom. The smallest absolute Gasteiger partial charge is 0.0961 e. The van der Waals surface area contributed by atoms with Gasteiger partial charge in [0.2, 0.25) is 0 Å². The minimum Gasteiger partial charge on any atom is -0.326 e. The Morgan fingerprint density at radius 3 is 2.79 bits per heavy atom. The summed E-state index contributed by atoms with van der Waals surface area (Å²) in [7, 11) is 0. The molecule has 0 amide bonds. The van der Waals surface area contributed by atoms with Crippen LogP contribution in [0.4, 0.5) is 0 Å². The molecule has 0 spiro atoms. The zero-order valence-corrected chi connectivity index (χ0v) is 12.2. The molecule has 1 aromatic heterocycles. The molecule has 0 saturated heterocycles. The maximum atomic E-state index is 4.47. The first-order valence-corrected chi connectivity index (χ1v) is 6.91. The van der Waals surface area contributed by atoms with Crippen LogP contribution in [0.15, 0.2) is 30.6 Å². The summed E-state index contributed by atoms with van der Waals surface area (Å²) in [5, 5.41) is 3.38. The van der Waals surface area contributed by atoms with Crippen LogP contribution < -0.4 is 5.32 Å². The Morgan fingerprint density at radius 2 is 2.05 bits per heavy atom. The molecule has 0 fully saturated rings. The van der Waals surface area contributed by atoms with Crippen molar-refractivity contribution in [3.8, 4) is 0 Å². The SMILES string of the molecule is C=C(CNCCC)Cn1cnc2cc(C)c(C)cc21. The van der Waals surface area contributed by atoms with Crippen LogP contribution in [0.2, 0.25) is 0 Å². The Balaban J connectivity index is 2.13. The molecular formula is C16H23N3. The predicted molar refractivity (Wildman–Crippen MR) is 81.5 cm³/mol. The van der Waals surface area contributed by atoms with Gasteiger partial charge in [-0.3, -0.25) is 0 Å². The first-order valence-electron chi connectivity index (χ1n) is 6.91. The molecule has 0 aliphatic carbocycles. The maximum Gasteiger partial charge on any atom is 0.0961 e. The van der Waals surface area contributed by atoms with E-state index >= 15 is 0 Å². The van der Waals surface area contributed by atoms with Crippen molar-refractivity contribution in [2.75, 3.05) is 13.1 Å². The highest BCUT2D eigenvalue weighted by Gasteiger charge is 2.05. The third kappa shape index (κ3) is 3.24. The van der Waals surface area contributed by atoms with Crippen LogP contribution in [0.1, 0.15) is 24.5 Å². The van der Waals surface area contributed by atoms with E-state index in [0.29, 0.717) is 0 Å². The molecule has 3 heteroatoms. The zero-order valence-electron chi connectivity index (χ0n) is 12.2. The lowest BCUT2D eigenvalue weighted by molar-refractivity contribution is 0.680. The van der Waals surface area contributed by atoms with E-state index in [2.05, 4.69) is 54.4 Å². The lowest BCUT2D eigenvalue weighted by Gasteiger charge is -2.09. The molecule has 0 atom stereocenters. The van der Waals surface area contributed by atoms with Gasteiger partial charge in [-0.15, -0.1) is 0 Å². The molecule has 1 N–H and O–H groups in total. The number of nitrogens with one attached hydrogen (secondary N) is 1. The summed E-state index contributed by atoms with van der Waals surface area (Å²) < 4.78 is 2.18. The first-order chi connectivity index (χ1) is 9.11. The number of aryl methyl sites for hydroxylation is 2. The quantitative estimate of drug-likeness (QED) is 0.636. The largest absolute Gasteiger partial charge is 0.326 e. The minimum atomic E-state index is 0.829. The van der Waals surface area contributed by atoms with E-state index in [-0.39, 0.29) is 0 Å². The molecule has 0 saturated carbocycles. The highest BCUT2D eigenvalue weighted by Crippen LogP contribution is 2.18. The van der Waals surface area contributed by atoms with Gasteiger partial charge in [0.05, 0.1) is 17.4 Å². The molecule has 2 rings (SSSR count). The van der Waals surface area contributed by atoms with E-state index in [1.165, 1.54) is 22.2 Å². The fraction of sp³-hybridized carbons (Fsp3) is 0.438. The second-order valence-corrected chi connectivity index (χ2v) is 5.22. The van der Waals surface area contributed by atoms with E-state index < -0.39 is 0 Å². The van der Waals surface area contributed by atoms with Crippen LogP contribution in [-0.4, -0.2) is 22.6 Å². The summed E-state index contributed by atoms with van der Waals surface area (Å²) >= 11 is 0. The second-order valence-electron chi connectivity index (χ2n) is 5.22. The Hall–Kier alpha value is -1.61. The van der Waals surface area contributed by atoms with Crippen LogP contribution in [0, 0.1) is 13.8 Å². The Bertz CT molecular complexity index is 581. The summed E-state index contributed by atoms with van der Waals surface area (Å²) in [4.78, 5) is 4.47. The van der Waals surface area contributed by atoms with Crippen LogP contribution in [0.3, 0.4) is 0 Å². The molecular weight excluding hydrogens is 234 g/mol. The molecule has 2 aromatic rings. The van der Waals surface area contributed by atoms with Crippen LogP contribution in [0.5, 0.6) is 0 Å². The van der Waals surface area contributed by atoms with Crippen molar-refractivity contribution in [2.45, 2.75) is 33.7 Å². The zero-order chi connectivity index (χ0) is 13.8. The van der Waals surface area contributed by atoms with Gasteiger partial charge in [-0.1, -0.05) is 13.5 Å². The van der Waals surface area contributed by atoms with Gasteiger partial charge in [-0.05, 0) is 55.6 Å². The van der Waals surface area contributed by atoms with Crippen molar-refractivity contribution in [1.29, 1.82) is 0 Å². The molecule has 0 unspecified atom stereocenters. The van der Waals surface area contributed by atoms with E-state index in [1.54, 1.807) is 0 Å². The standard InChI is InChI=1S/C16H23N3/c1-5-6-17-9-12(2)10-19-11-18-15-7-13(3)14(4)8-16(15)19/h7-8,11,17H,2,5-6,9-10H2,1,3-4H3. The lowest BCUT2D eigenvalue weighted by Crippen LogP contribution is -2.19. The van der Waals surface area contributed by atoms with Crippen LogP contribution in [0.25, 0.3) is 11.0 Å². The number of hydrogen-bond donors (Lipinski definition) is 1. The van der Waals surface area contributed by atoms with Crippen LogP contribution >= 0.6 is 0 Å². The van der Waals surface area contributed by atoms with Gasteiger partial charge in [-0.2, -0.15) is 0 Å². The van der Waals surface area contributed by atoms with Gasteiger partial charge in [0.25, 0.3) is 0 Å². The maximum absolute atomic E-state index is 4.47. The normalized spacial score (nSPS) is 11.1. The fourth-order valence-corrected chi connectivity index (χ4v) is 2.18. The van der Waals surface area contributed by atoms with Crippen molar-refractivity contribution in [1.82, 2.24) is 14.9 Å². The third-order valence-electron chi connectivity index (χ3n) is 3.43. The van der Waals surface area contributed by atoms with Crippen molar-refractivity contribution in [3.63, 3.8) is 0 Å². The minimum absolute atomic E-state index is 0.829. The second kappa shape index (κ2) is 6.02. The van der Waals surface area contributed by atoms with Crippen molar-refractivity contribution >= 4 is 11.0 Å². The molecule has 1 aromatic carbocycles. The monoisotopic (exact) mass is 257 g/mol. The van der Waals surface area contributed by atoms with E-state index in [9.17, 15) is 0 Å². The molecule has 0 radical (unpaired) electrons. The van der Waals surface area contributed by atoms with Gasteiger partial charge in [0, 0.05) is 13.1 Å². The first kappa shape index (κ1) is 13.8. The average Bonchev–Trinajstić information content (AvgIpc) is 2.73. The van der Waals surface area contributed by atoms with Crippen molar-refractivity contribution < 1.29 is 0 Å². The third-order valence-corrected chi connectivity index (χ3v) is 3.43. The molecule has 3 nitrogen and oxygen atoms in total. The summed E-state index contributed by atoms with van der Waals surface area (Å²) in [5.74, 6) is 0. The van der Waals surface area contributed by atoms with Gasteiger partial charge >= 0.3 is 0 Å². The van der Waals surface area contributed by atoms with Crippen molar-refractivity contribution in [2.24, 2.45) is 0 Å². The molecule has 0 aliphatic heterocycles. The molecule has 0 bridgehead atoms. The number of rotatable bonds is 6. The predicted octanol–water partition coefficient (Wildman–Crippen LogP) is 3.21. The Kier molecular flexibility index (Phi) is 4.38. The van der Waals surface area contributed by atoms with E-state index in [1.807, 2.05) is 6.33 Å². The van der Waals surface area contributed by atoms with Crippen molar-refractivity contribution in [3.05, 3.63) is 41.7 Å². The van der Waals surface area contributed by atoms with E-state index in [4.69, 9.17) is 0 Å². The molecule has 19 heavy (non-hydrogen) atoms. The summed E-state index contributed by atoms with van der Waals surface area (Å²) in [6.07, 6.45) is 3.06. The molecule has 1 heterocycles. The number of benzene rings is 1. The number of hydrogen-bond acceptors (Lipinski definition) is 2. The number of imidazole rings is 1. The highest BCUT2D eigenvalue weighted by molar-refractivity contribution is 5.77. The fourth-order valence-electron chi connectivity index (χ4n) is 2.18. The van der Waals surface area contributed by atoms with Gasteiger partial charge in [-0.25, -0.2) is 4.98 Å². The summed E-state index contributed by atoms with van der Waals surface area (Å²) in [6.45, 7) is 13.3. The summed E-state index contributed by atoms with van der Waals surface area (Å²) in [5.41, 5.74) is 6.05. The topological polar surface area (TPSA) is 29.9 Å². The van der Waals surface area contributed by atoms with E-state index in [0.717, 1.165) is 31.6 Å². The summed E-state index contributed by atoms with van der Waals surface area (Å²) in [6, 6.07) is 4.36. The lowest BCUT2D eigenvalue weighted by atomic mass is 10.1. The average molecular weight is 257 g/mol. The van der Waals surface area contributed by atoms with Crippen LogP contribution in [-0.2, 0) is 6.54 Å². The van der Waals surface area contributed by atoms with Gasteiger partial charge < -0.3 is 9.88 Å². The number of nitrogens with zero attached hydrogens (tertiary/aromatic N) is 2. The van der Waals surface area contributed by atoms with Gasteiger partial charge in [0.15, 0.2) is 0 Å². The number of fused-ring (bicyclic) bond motifs is 1. The molecule has 0 aliphatic rings. The Labute approximate surface area is 115 Å². The highest BCUT2D eigenvalue weighted by atomic mass is 15.0. The van der Waals surface area contributed by atoms with Gasteiger partial charge in [0.1, 0.15) is 0 Å².